The van der Waals surface area contributed by atoms with Crippen LogP contribution in [-0.2, 0) is 26.2 Å². The second kappa shape index (κ2) is 13.2. The van der Waals surface area contributed by atoms with Crippen LogP contribution in [0.2, 0.25) is 0 Å². The van der Waals surface area contributed by atoms with Crippen molar-refractivity contribution in [2.24, 2.45) is 0 Å². The summed E-state index contributed by atoms with van der Waals surface area (Å²) < 4.78 is 58.2. The fourth-order valence-corrected chi connectivity index (χ4v) is 4.45. The zero-order valence-corrected chi connectivity index (χ0v) is 21.8. The molecule has 1 N–H and O–H groups in total. The molecule has 1 atom stereocenters. The number of nitrogens with one attached hydrogen (secondary N) is 1. The van der Waals surface area contributed by atoms with Gasteiger partial charge in [0.05, 0.1) is 19.1 Å². The van der Waals surface area contributed by atoms with Crippen molar-refractivity contribution in [1.82, 2.24) is 10.2 Å². The number of anilines is 1. The molecule has 0 aliphatic rings. The zero-order valence-electron chi connectivity index (χ0n) is 21.0. The van der Waals surface area contributed by atoms with E-state index in [9.17, 15) is 26.8 Å². The van der Waals surface area contributed by atoms with Gasteiger partial charge in [-0.2, -0.15) is 0 Å². The lowest BCUT2D eigenvalue weighted by molar-refractivity contribution is -0.140. The van der Waals surface area contributed by atoms with Crippen LogP contribution in [0.15, 0.2) is 42.5 Å². The highest BCUT2D eigenvalue weighted by Crippen LogP contribution is 2.22. The van der Waals surface area contributed by atoms with Crippen molar-refractivity contribution in [3.8, 4) is 5.75 Å². The number of unbranched alkanes of at least 4 members (excludes halogenated alkanes) is 1. The number of methoxy groups -OCH3 is 1. The number of halogens is 2. The lowest BCUT2D eigenvalue weighted by Crippen LogP contribution is -2.52. The van der Waals surface area contributed by atoms with Crippen molar-refractivity contribution >= 4 is 27.5 Å². The van der Waals surface area contributed by atoms with Gasteiger partial charge in [0.2, 0.25) is 21.8 Å². The predicted octanol–water partition coefficient (Wildman–Crippen LogP) is 3.46. The Hall–Kier alpha value is -3.21. The number of ether oxygens (including phenoxy) is 1. The van der Waals surface area contributed by atoms with E-state index in [0.29, 0.717) is 28.2 Å². The first-order valence-electron chi connectivity index (χ1n) is 11.6. The SMILES string of the molecule is CCCCNC(=O)C(CC)N(Cc1ccc(OC)cc1)C(=O)CN(c1ccc(F)c(F)c1)S(C)(=O)=O. The summed E-state index contributed by atoms with van der Waals surface area (Å²) in [7, 11) is -2.52. The van der Waals surface area contributed by atoms with E-state index in [1.54, 1.807) is 31.2 Å². The fourth-order valence-electron chi connectivity index (χ4n) is 3.61. The Kier molecular flexibility index (Phi) is 10.6. The summed E-state index contributed by atoms with van der Waals surface area (Å²) in [4.78, 5) is 27.8. The molecule has 198 valence electrons. The van der Waals surface area contributed by atoms with Gasteiger partial charge in [0.25, 0.3) is 0 Å². The average Bonchev–Trinajstić information content (AvgIpc) is 2.84. The third-order valence-corrected chi connectivity index (χ3v) is 6.74. The van der Waals surface area contributed by atoms with Crippen molar-refractivity contribution < 1.29 is 31.5 Å². The van der Waals surface area contributed by atoms with Crippen LogP contribution in [0.4, 0.5) is 14.5 Å². The van der Waals surface area contributed by atoms with Crippen LogP contribution in [0.5, 0.6) is 5.75 Å². The number of rotatable bonds is 13. The first-order chi connectivity index (χ1) is 17.0. The topological polar surface area (TPSA) is 96.0 Å². The zero-order chi connectivity index (χ0) is 26.9. The lowest BCUT2D eigenvalue weighted by Gasteiger charge is -2.33. The molecule has 8 nitrogen and oxygen atoms in total. The van der Waals surface area contributed by atoms with Crippen LogP contribution in [-0.4, -0.2) is 57.6 Å². The van der Waals surface area contributed by atoms with Crippen molar-refractivity contribution in [2.45, 2.75) is 45.7 Å². The summed E-state index contributed by atoms with van der Waals surface area (Å²) in [5.41, 5.74) is 0.497. The Morgan fingerprint density at radius 1 is 1.06 bits per heavy atom. The second-order valence-electron chi connectivity index (χ2n) is 8.31. The first kappa shape index (κ1) is 29.0. The van der Waals surface area contributed by atoms with Gasteiger partial charge in [-0.15, -0.1) is 0 Å². The highest BCUT2D eigenvalue weighted by atomic mass is 32.2. The molecular formula is C25H33F2N3O5S. The molecule has 0 heterocycles. The van der Waals surface area contributed by atoms with E-state index in [0.717, 1.165) is 31.2 Å². The lowest BCUT2D eigenvalue weighted by atomic mass is 10.1. The molecule has 2 amide bonds. The van der Waals surface area contributed by atoms with Crippen LogP contribution in [0.25, 0.3) is 0 Å². The molecule has 11 heteroatoms. The minimum atomic E-state index is -4.05. The molecule has 0 radical (unpaired) electrons. The standard InChI is InChI=1S/C25H33F2N3O5S/c1-5-7-14-28-25(32)23(6-2)29(16-18-8-11-20(35-3)12-9-18)24(31)17-30(36(4,33)34)19-10-13-21(26)22(27)15-19/h8-13,15,23H,5-7,14,16-17H2,1-4H3,(H,28,32). The van der Waals surface area contributed by atoms with Gasteiger partial charge < -0.3 is 15.0 Å². The third kappa shape index (κ3) is 7.91. The van der Waals surface area contributed by atoms with E-state index < -0.39 is 40.2 Å². The average molecular weight is 526 g/mol. The summed E-state index contributed by atoms with van der Waals surface area (Å²) >= 11 is 0. The number of carbonyl (C=O) groups excluding carboxylic acids is 2. The predicted molar refractivity (Wildman–Crippen MR) is 134 cm³/mol. The number of sulfonamides is 1. The molecule has 0 saturated carbocycles. The van der Waals surface area contributed by atoms with Crippen LogP contribution in [0.1, 0.15) is 38.7 Å². The van der Waals surface area contributed by atoms with Gasteiger partial charge in [-0.3, -0.25) is 13.9 Å². The summed E-state index contributed by atoms with van der Waals surface area (Å²) in [5.74, 6) is -2.80. The van der Waals surface area contributed by atoms with Gasteiger partial charge in [0.1, 0.15) is 18.3 Å². The number of hydrogen-bond acceptors (Lipinski definition) is 5. The molecular weight excluding hydrogens is 492 g/mol. The van der Waals surface area contributed by atoms with E-state index >= 15 is 0 Å². The highest BCUT2D eigenvalue weighted by molar-refractivity contribution is 7.92. The maximum Gasteiger partial charge on any atom is 0.244 e. The Bertz CT molecular complexity index is 1140. The van der Waals surface area contributed by atoms with Crippen molar-refractivity contribution in [3.63, 3.8) is 0 Å². The highest BCUT2D eigenvalue weighted by Gasteiger charge is 2.31. The minimum Gasteiger partial charge on any atom is -0.497 e. The molecule has 0 aliphatic carbocycles. The maximum absolute atomic E-state index is 13.9. The smallest absolute Gasteiger partial charge is 0.244 e. The molecule has 0 fully saturated rings. The summed E-state index contributed by atoms with van der Waals surface area (Å²) in [5, 5.41) is 2.83. The molecule has 2 rings (SSSR count). The van der Waals surface area contributed by atoms with Crippen LogP contribution in [0.3, 0.4) is 0 Å². The van der Waals surface area contributed by atoms with Gasteiger partial charge in [-0.25, -0.2) is 17.2 Å². The minimum absolute atomic E-state index is 0.0257. The molecule has 2 aromatic rings. The Balaban J connectivity index is 2.42. The summed E-state index contributed by atoms with van der Waals surface area (Å²) in [6.07, 6.45) is 2.80. The van der Waals surface area contributed by atoms with Crippen LogP contribution in [0, 0.1) is 11.6 Å². The molecule has 0 aromatic heterocycles. The first-order valence-corrected chi connectivity index (χ1v) is 13.5. The Labute approximate surface area is 211 Å². The number of benzene rings is 2. The van der Waals surface area contributed by atoms with E-state index in [-0.39, 0.29) is 24.6 Å². The van der Waals surface area contributed by atoms with Crippen LogP contribution < -0.4 is 14.4 Å². The van der Waals surface area contributed by atoms with Crippen molar-refractivity contribution in [2.75, 3.05) is 30.8 Å². The fraction of sp³-hybridized carbons (Fsp3) is 0.440. The Morgan fingerprint density at radius 3 is 2.25 bits per heavy atom. The van der Waals surface area contributed by atoms with Crippen molar-refractivity contribution in [3.05, 3.63) is 59.7 Å². The molecule has 0 aliphatic heterocycles. The summed E-state index contributed by atoms with van der Waals surface area (Å²) in [6.45, 7) is 3.51. The van der Waals surface area contributed by atoms with Gasteiger partial charge in [0, 0.05) is 19.2 Å². The largest absolute Gasteiger partial charge is 0.497 e. The molecule has 0 saturated heterocycles. The van der Waals surface area contributed by atoms with E-state index in [2.05, 4.69) is 5.32 Å². The van der Waals surface area contributed by atoms with Crippen molar-refractivity contribution in [1.29, 1.82) is 0 Å². The van der Waals surface area contributed by atoms with E-state index in [4.69, 9.17) is 4.74 Å². The number of nitrogens with zero attached hydrogens (tertiary/aromatic N) is 2. The second-order valence-corrected chi connectivity index (χ2v) is 10.2. The molecule has 1 unspecified atom stereocenters. The summed E-state index contributed by atoms with van der Waals surface area (Å²) in [6, 6.07) is 8.62. The van der Waals surface area contributed by atoms with Gasteiger partial charge >= 0.3 is 0 Å². The monoisotopic (exact) mass is 525 g/mol. The number of hydrogen-bond donors (Lipinski definition) is 1. The normalized spacial score (nSPS) is 12.1. The quantitative estimate of drug-likeness (QED) is 0.404. The molecule has 2 aromatic carbocycles. The van der Waals surface area contributed by atoms with Crippen LogP contribution >= 0.6 is 0 Å². The van der Waals surface area contributed by atoms with Gasteiger partial charge in [-0.05, 0) is 42.7 Å². The Morgan fingerprint density at radius 2 is 1.72 bits per heavy atom. The molecule has 36 heavy (non-hydrogen) atoms. The van der Waals surface area contributed by atoms with Gasteiger partial charge in [-0.1, -0.05) is 32.4 Å². The number of amides is 2. The van der Waals surface area contributed by atoms with Gasteiger partial charge in [0.15, 0.2) is 11.6 Å². The van der Waals surface area contributed by atoms with E-state index in [1.165, 1.54) is 12.0 Å². The third-order valence-electron chi connectivity index (χ3n) is 5.60. The molecule has 0 spiro atoms. The maximum atomic E-state index is 13.9. The van der Waals surface area contributed by atoms with E-state index in [1.807, 2.05) is 6.92 Å². The number of carbonyl (C=O) groups is 2. The molecule has 0 bridgehead atoms.